The van der Waals surface area contributed by atoms with E-state index in [2.05, 4.69) is 10.2 Å². The van der Waals surface area contributed by atoms with Gasteiger partial charge in [-0.25, -0.2) is 14.4 Å². The average molecular weight is 377 g/mol. The highest BCUT2D eigenvalue weighted by molar-refractivity contribution is 5.96. The second kappa shape index (κ2) is 8.21. The minimum atomic E-state index is -0.249. The van der Waals surface area contributed by atoms with Crippen molar-refractivity contribution in [3.8, 4) is 11.8 Å². The molecule has 27 heavy (non-hydrogen) atoms. The molecule has 0 aromatic carbocycles. The van der Waals surface area contributed by atoms with E-state index in [1.165, 1.54) is 20.2 Å². The molecule has 10 nitrogen and oxygen atoms in total. The Morgan fingerprint density at radius 3 is 2.07 bits per heavy atom. The molecule has 0 N–H and O–H groups in total. The third kappa shape index (κ3) is 3.95. The highest BCUT2D eigenvalue weighted by atomic mass is 16.7. The lowest BCUT2D eigenvalue weighted by Crippen LogP contribution is -2.26. The zero-order chi connectivity index (χ0) is 19.4. The lowest BCUT2D eigenvalue weighted by Gasteiger charge is -2.17. The van der Waals surface area contributed by atoms with Gasteiger partial charge in [-0.1, -0.05) is 0 Å². The van der Waals surface area contributed by atoms with Crippen LogP contribution in [0.5, 0.6) is 11.8 Å². The number of Topliss-reactive ketones (excluding diaryl/α,β-unsaturated/α-hetero) is 1. The molecule has 0 unspecified atom stereocenters. The number of hydrogen-bond donors (Lipinski definition) is 0. The van der Waals surface area contributed by atoms with Crippen molar-refractivity contribution in [3.05, 3.63) is 23.5 Å². The summed E-state index contributed by atoms with van der Waals surface area (Å²) in [5.74, 6) is 0.933. The van der Waals surface area contributed by atoms with Crippen LogP contribution in [0.3, 0.4) is 0 Å². The monoisotopic (exact) mass is 377 g/mol. The highest BCUT2D eigenvalue weighted by Gasteiger charge is 2.24. The van der Waals surface area contributed by atoms with E-state index in [0.717, 1.165) is 31.0 Å². The first-order valence-corrected chi connectivity index (χ1v) is 8.73. The molecule has 146 valence electrons. The first-order chi connectivity index (χ1) is 13.0. The van der Waals surface area contributed by atoms with Gasteiger partial charge in [-0.05, 0) is 6.92 Å². The number of aryl methyl sites for hydroxylation is 2. The van der Waals surface area contributed by atoms with E-state index in [0.29, 0.717) is 36.1 Å². The summed E-state index contributed by atoms with van der Waals surface area (Å²) in [7, 11) is 2.99. The van der Waals surface area contributed by atoms with Crippen LogP contribution in [0, 0.1) is 0 Å². The number of hydrogen-bond acceptors (Lipinski definition) is 7. The molecule has 0 atom stereocenters. The van der Waals surface area contributed by atoms with Gasteiger partial charge in [0.2, 0.25) is 11.8 Å². The molecular formula is C17H23N5O5. The van der Waals surface area contributed by atoms with Crippen LogP contribution in [0.4, 0.5) is 0 Å². The van der Waals surface area contributed by atoms with E-state index in [-0.39, 0.29) is 11.7 Å². The van der Waals surface area contributed by atoms with E-state index in [1.807, 2.05) is 0 Å². The standard InChI is InChI=1S/C9H13N3O3.C8H10N2O2/c1-11(14-2)8(13)7-6-10-12-4-3-5-15-9(7)12;1-6(11)7-5-9-10-3-2-4-12-8(7)10/h6H,3-5H2,1-2H3;5H,2-4H2,1H3. The number of aromatic nitrogens is 4. The number of amides is 1. The Labute approximate surface area is 156 Å². The minimum absolute atomic E-state index is 0.0122. The van der Waals surface area contributed by atoms with Crippen LogP contribution < -0.4 is 9.47 Å². The summed E-state index contributed by atoms with van der Waals surface area (Å²) in [6.45, 7) is 4.48. The van der Waals surface area contributed by atoms with E-state index in [4.69, 9.17) is 14.3 Å². The molecule has 2 aliphatic rings. The average Bonchev–Trinajstić information content (AvgIpc) is 3.31. The lowest BCUT2D eigenvalue weighted by atomic mass is 10.2. The summed E-state index contributed by atoms with van der Waals surface area (Å²) in [5, 5.41) is 9.28. The SMILES string of the molecule is CC(=O)c1cnn2c1OCCC2.CON(C)C(=O)c1cnn2c1OCCC2. The Bertz CT molecular complexity index is 828. The fourth-order valence-electron chi connectivity index (χ4n) is 2.78. The molecule has 0 aliphatic carbocycles. The van der Waals surface area contributed by atoms with Gasteiger partial charge in [-0.2, -0.15) is 10.2 Å². The third-order valence-electron chi connectivity index (χ3n) is 4.26. The maximum Gasteiger partial charge on any atom is 0.284 e. The molecule has 2 aliphatic heterocycles. The molecule has 0 fully saturated rings. The van der Waals surface area contributed by atoms with Crippen LogP contribution in [0.2, 0.25) is 0 Å². The van der Waals surface area contributed by atoms with Gasteiger partial charge in [-0.15, -0.1) is 0 Å². The number of carbonyl (C=O) groups excluding carboxylic acids is 2. The number of rotatable bonds is 3. The number of carbonyl (C=O) groups is 2. The number of ketones is 1. The molecule has 2 aromatic rings. The third-order valence-corrected chi connectivity index (χ3v) is 4.26. The van der Waals surface area contributed by atoms with Gasteiger partial charge in [0.15, 0.2) is 5.78 Å². The van der Waals surface area contributed by atoms with Gasteiger partial charge in [-0.3, -0.25) is 14.4 Å². The van der Waals surface area contributed by atoms with E-state index < -0.39 is 0 Å². The van der Waals surface area contributed by atoms with Crippen molar-refractivity contribution >= 4 is 11.7 Å². The Morgan fingerprint density at radius 2 is 1.56 bits per heavy atom. The first kappa shape index (κ1) is 18.9. The van der Waals surface area contributed by atoms with Gasteiger partial charge in [0.05, 0.1) is 38.3 Å². The summed E-state index contributed by atoms with van der Waals surface area (Å²) in [6.07, 6.45) is 4.97. The van der Waals surface area contributed by atoms with Crippen LogP contribution >= 0.6 is 0 Å². The van der Waals surface area contributed by atoms with Crippen LogP contribution in [-0.2, 0) is 17.9 Å². The van der Waals surface area contributed by atoms with Crippen LogP contribution in [0.15, 0.2) is 12.4 Å². The maximum absolute atomic E-state index is 11.8. The van der Waals surface area contributed by atoms with E-state index in [1.54, 1.807) is 22.6 Å². The topological polar surface area (TPSA) is 101 Å². The Morgan fingerprint density at radius 1 is 1.04 bits per heavy atom. The van der Waals surface area contributed by atoms with Crippen LogP contribution in [0.25, 0.3) is 0 Å². The van der Waals surface area contributed by atoms with Crippen molar-refractivity contribution in [2.24, 2.45) is 0 Å². The summed E-state index contributed by atoms with van der Waals surface area (Å²) in [4.78, 5) is 27.6. The second-order valence-corrected chi connectivity index (χ2v) is 6.12. The molecule has 0 bridgehead atoms. The summed E-state index contributed by atoms with van der Waals surface area (Å²) in [5.41, 5.74) is 1.04. The van der Waals surface area contributed by atoms with Crippen LogP contribution in [-0.4, -0.2) is 63.7 Å². The van der Waals surface area contributed by atoms with Gasteiger partial charge < -0.3 is 9.47 Å². The fraction of sp³-hybridized carbons (Fsp3) is 0.529. The van der Waals surface area contributed by atoms with Crippen molar-refractivity contribution < 1.29 is 23.9 Å². The largest absolute Gasteiger partial charge is 0.477 e. The Balaban J connectivity index is 0.000000159. The van der Waals surface area contributed by atoms with Crippen molar-refractivity contribution in [2.45, 2.75) is 32.9 Å². The second-order valence-electron chi connectivity index (χ2n) is 6.12. The minimum Gasteiger partial charge on any atom is -0.477 e. The van der Waals surface area contributed by atoms with E-state index >= 15 is 0 Å². The van der Waals surface area contributed by atoms with Crippen molar-refractivity contribution in [1.82, 2.24) is 24.6 Å². The van der Waals surface area contributed by atoms with E-state index in [9.17, 15) is 9.59 Å². The molecule has 0 saturated heterocycles. The number of nitrogens with zero attached hydrogens (tertiary/aromatic N) is 5. The van der Waals surface area contributed by atoms with Gasteiger partial charge in [0.1, 0.15) is 5.56 Å². The highest BCUT2D eigenvalue weighted by Crippen LogP contribution is 2.23. The molecule has 1 amide bonds. The Hall–Kier alpha value is -2.88. The summed E-state index contributed by atoms with van der Waals surface area (Å²) >= 11 is 0. The molecular weight excluding hydrogens is 354 g/mol. The van der Waals surface area contributed by atoms with Crippen LogP contribution in [0.1, 0.15) is 40.5 Å². The molecule has 10 heteroatoms. The number of ether oxygens (including phenoxy) is 2. The lowest BCUT2D eigenvalue weighted by molar-refractivity contribution is -0.0759. The molecule has 0 spiro atoms. The van der Waals surface area contributed by atoms with Gasteiger partial charge >= 0.3 is 0 Å². The number of hydroxylamine groups is 2. The maximum atomic E-state index is 11.8. The van der Waals surface area contributed by atoms with Crippen molar-refractivity contribution in [2.75, 3.05) is 27.4 Å². The quantitative estimate of drug-likeness (QED) is 0.584. The molecule has 0 radical (unpaired) electrons. The van der Waals surface area contributed by atoms with Crippen molar-refractivity contribution in [1.29, 1.82) is 0 Å². The Kier molecular flexibility index (Phi) is 5.75. The molecule has 4 rings (SSSR count). The normalized spacial score (nSPS) is 14.6. The predicted octanol–water partition coefficient (Wildman–Crippen LogP) is 1.17. The first-order valence-electron chi connectivity index (χ1n) is 8.73. The smallest absolute Gasteiger partial charge is 0.284 e. The predicted molar refractivity (Wildman–Crippen MR) is 93.8 cm³/mol. The summed E-state index contributed by atoms with van der Waals surface area (Å²) < 4.78 is 14.2. The van der Waals surface area contributed by atoms with Gasteiger partial charge in [0, 0.05) is 33.0 Å². The number of fused-ring (bicyclic) bond motifs is 2. The molecule has 2 aromatic heterocycles. The molecule has 4 heterocycles. The zero-order valence-corrected chi connectivity index (χ0v) is 15.7. The summed E-state index contributed by atoms with van der Waals surface area (Å²) in [6, 6.07) is 0. The fourth-order valence-corrected chi connectivity index (χ4v) is 2.78. The zero-order valence-electron chi connectivity index (χ0n) is 15.7. The van der Waals surface area contributed by atoms with Gasteiger partial charge in [0.25, 0.3) is 5.91 Å². The van der Waals surface area contributed by atoms with Crippen molar-refractivity contribution in [3.63, 3.8) is 0 Å². The molecule has 0 saturated carbocycles.